The lowest BCUT2D eigenvalue weighted by molar-refractivity contribution is -0.143. The Morgan fingerprint density at radius 1 is 0.806 bits per heavy atom. The van der Waals surface area contributed by atoms with Gasteiger partial charge in [-0.25, -0.2) is 4.79 Å². The van der Waals surface area contributed by atoms with Crippen LogP contribution < -0.4 is 21.3 Å². The molecule has 0 spiro atoms. The lowest BCUT2D eigenvalue weighted by Gasteiger charge is -2.24. The summed E-state index contributed by atoms with van der Waals surface area (Å²) in [5, 5.41) is 20.1. The molecule has 0 saturated heterocycles. The Morgan fingerprint density at radius 2 is 1.28 bits per heavy atom. The summed E-state index contributed by atoms with van der Waals surface area (Å²) in [7, 11) is 0. The summed E-state index contributed by atoms with van der Waals surface area (Å²) in [6, 6.07) is -1.55. The first-order valence-corrected chi connectivity index (χ1v) is 12.9. The van der Waals surface area contributed by atoms with Crippen LogP contribution in [0.25, 0.3) is 0 Å². The Morgan fingerprint density at radius 3 is 1.78 bits per heavy atom. The third-order valence-corrected chi connectivity index (χ3v) is 6.93. The molecule has 2 rings (SSSR count). The number of hydrogen-bond donors (Lipinski definition) is 5. The van der Waals surface area contributed by atoms with E-state index in [9.17, 15) is 29.1 Å². The summed E-state index contributed by atoms with van der Waals surface area (Å²) in [6.07, 6.45) is 3.81. The van der Waals surface area contributed by atoms with Crippen molar-refractivity contribution in [3.8, 4) is 0 Å². The van der Waals surface area contributed by atoms with Crippen molar-refractivity contribution in [2.24, 2.45) is 23.7 Å². The third-order valence-electron chi connectivity index (χ3n) is 6.93. The van der Waals surface area contributed by atoms with Gasteiger partial charge < -0.3 is 31.1 Å². The standard InChI is InChI=1S/C25H42N4O7/c1-14(20(30)27-13-17-9-7-11-19(17)23(33)34)28-22(32)18-10-6-8-16(18)12-26-21(31)15(2)29-24(35)36-25(3,4)5/h14-19H,6-13H2,1-5H3,(H,26,31)(H,27,30)(H,28,32)(H,29,35)(H,33,34)/t14-,15-,16+,17+,18-,19-/m1/s1. The van der Waals surface area contributed by atoms with E-state index in [0.717, 1.165) is 25.7 Å². The van der Waals surface area contributed by atoms with Crippen LogP contribution >= 0.6 is 0 Å². The van der Waals surface area contributed by atoms with Crippen LogP contribution in [0.3, 0.4) is 0 Å². The number of carbonyl (C=O) groups is 5. The number of amides is 4. The number of nitrogens with one attached hydrogen (secondary N) is 4. The van der Waals surface area contributed by atoms with Crippen molar-refractivity contribution in [3.05, 3.63) is 0 Å². The maximum absolute atomic E-state index is 12.9. The molecule has 204 valence electrons. The first-order chi connectivity index (χ1) is 16.8. The molecule has 2 saturated carbocycles. The second-order valence-corrected chi connectivity index (χ2v) is 11.0. The molecule has 11 nitrogen and oxygen atoms in total. The number of ether oxygens (including phenoxy) is 1. The van der Waals surface area contributed by atoms with Gasteiger partial charge in [-0.15, -0.1) is 0 Å². The van der Waals surface area contributed by atoms with Gasteiger partial charge in [-0.2, -0.15) is 0 Å². The van der Waals surface area contributed by atoms with E-state index >= 15 is 0 Å². The minimum absolute atomic E-state index is 0.0762. The Bertz CT molecular complexity index is 826. The SMILES string of the molecule is C[C@@H](NC(=O)OC(C)(C)C)C(=O)NC[C@@H]1CCC[C@H]1C(=O)N[C@H](C)C(=O)NC[C@@H]1CCC[C@H]1C(=O)O. The van der Waals surface area contributed by atoms with Gasteiger partial charge in [0.05, 0.1) is 5.92 Å². The molecule has 0 aromatic heterocycles. The van der Waals surface area contributed by atoms with Gasteiger partial charge in [-0.3, -0.25) is 19.2 Å². The number of rotatable bonds is 10. The highest BCUT2D eigenvalue weighted by Crippen LogP contribution is 2.32. The molecule has 0 aliphatic heterocycles. The number of hydrogen-bond acceptors (Lipinski definition) is 6. The van der Waals surface area contributed by atoms with Gasteiger partial charge in [0.15, 0.2) is 0 Å². The van der Waals surface area contributed by atoms with E-state index in [4.69, 9.17) is 4.74 Å². The van der Waals surface area contributed by atoms with Crippen LogP contribution in [0.1, 0.15) is 73.1 Å². The maximum Gasteiger partial charge on any atom is 0.408 e. The van der Waals surface area contributed by atoms with Gasteiger partial charge in [0.2, 0.25) is 17.7 Å². The maximum atomic E-state index is 12.9. The summed E-state index contributed by atoms with van der Waals surface area (Å²) in [5.74, 6) is -2.72. The predicted octanol–water partition coefficient (Wildman–Crippen LogP) is 1.55. The average molecular weight is 511 g/mol. The Balaban J connectivity index is 1.77. The van der Waals surface area contributed by atoms with Crippen LogP contribution in [-0.4, -0.2) is 65.7 Å². The molecule has 2 fully saturated rings. The van der Waals surface area contributed by atoms with E-state index in [2.05, 4.69) is 21.3 Å². The molecule has 4 amide bonds. The summed E-state index contributed by atoms with van der Waals surface area (Å²) in [4.78, 5) is 61.0. The fraction of sp³-hybridized carbons (Fsp3) is 0.800. The van der Waals surface area contributed by atoms with Crippen LogP contribution in [0, 0.1) is 23.7 Å². The average Bonchev–Trinajstić information content (AvgIpc) is 3.43. The molecule has 6 atom stereocenters. The zero-order valence-electron chi connectivity index (χ0n) is 22.0. The van der Waals surface area contributed by atoms with Gasteiger partial charge in [-0.05, 0) is 72.1 Å². The van der Waals surface area contributed by atoms with Crippen molar-refractivity contribution < 1.29 is 33.8 Å². The zero-order valence-corrected chi connectivity index (χ0v) is 22.0. The monoisotopic (exact) mass is 510 g/mol. The lowest BCUT2D eigenvalue weighted by atomic mass is 9.94. The van der Waals surface area contributed by atoms with E-state index in [1.54, 1.807) is 34.6 Å². The summed E-state index contributed by atoms with van der Waals surface area (Å²) in [6.45, 7) is 8.93. The number of carboxylic acid groups (broad SMARTS) is 1. The van der Waals surface area contributed by atoms with Gasteiger partial charge in [0, 0.05) is 19.0 Å². The number of aliphatic carboxylic acids is 1. The lowest BCUT2D eigenvalue weighted by Crippen LogP contribution is -2.50. The van der Waals surface area contributed by atoms with E-state index in [0.29, 0.717) is 12.8 Å². The van der Waals surface area contributed by atoms with Crippen molar-refractivity contribution in [1.29, 1.82) is 0 Å². The molecule has 11 heteroatoms. The smallest absolute Gasteiger partial charge is 0.408 e. The van der Waals surface area contributed by atoms with Gasteiger partial charge in [0.1, 0.15) is 17.7 Å². The van der Waals surface area contributed by atoms with Crippen LogP contribution in [0.4, 0.5) is 4.79 Å². The topological polar surface area (TPSA) is 163 Å². The molecule has 0 heterocycles. The molecule has 5 N–H and O–H groups in total. The quantitative estimate of drug-likeness (QED) is 0.298. The molecule has 0 aromatic rings. The molecule has 2 aliphatic carbocycles. The zero-order chi connectivity index (χ0) is 27.0. The Hall–Kier alpha value is -2.85. The number of alkyl carbamates (subject to hydrolysis) is 1. The normalized spacial score (nSPS) is 25.4. The molecule has 0 unspecified atom stereocenters. The molecule has 2 aliphatic rings. The summed E-state index contributed by atoms with van der Waals surface area (Å²) < 4.78 is 5.16. The highest BCUT2D eigenvalue weighted by atomic mass is 16.6. The predicted molar refractivity (Wildman–Crippen MR) is 132 cm³/mol. The van der Waals surface area contributed by atoms with Crippen LogP contribution in [-0.2, 0) is 23.9 Å². The van der Waals surface area contributed by atoms with E-state index in [1.165, 1.54) is 0 Å². The minimum atomic E-state index is -0.831. The molecule has 0 bridgehead atoms. The van der Waals surface area contributed by atoms with Crippen molar-refractivity contribution in [2.45, 2.75) is 90.8 Å². The first-order valence-electron chi connectivity index (χ1n) is 12.9. The Kier molecular flexibility index (Phi) is 10.5. The molecular formula is C25H42N4O7. The highest BCUT2D eigenvalue weighted by molar-refractivity contribution is 5.88. The van der Waals surface area contributed by atoms with Crippen LogP contribution in [0.2, 0.25) is 0 Å². The van der Waals surface area contributed by atoms with Crippen molar-refractivity contribution in [3.63, 3.8) is 0 Å². The minimum Gasteiger partial charge on any atom is -0.481 e. The Labute approximate surface area is 212 Å². The fourth-order valence-corrected chi connectivity index (χ4v) is 4.94. The number of carbonyl (C=O) groups excluding carboxylic acids is 4. The van der Waals surface area contributed by atoms with Gasteiger partial charge >= 0.3 is 12.1 Å². The third kappa shape index (κ3) is 8.98. The van der Waals surface area contributed by atoms with E-state index in [1.807, 2.05) is 0 Å². The second kappa shape index (κ2) is 12.9. The summed E-state index contributed by atoms with van der Waals surface area (Å²) in [5.41, 5.74) is -0.670. The fourth-order valence-electron chi connectivity index (χ4n) is 4.94. The molecule has 36 heavy (non-hydrogen) atoms. The van der Waals surface area contributed by atoms with E-state index in [-0.39, 0.29) is 48.6 Å². The van der Waals surface area contributed by atoms with E-state index < -0.39 is 35.7 Å². The molecular weight excluding hydrogens is 468 g/mol. The summed E-state index contributed by atoms with van der Waals surface area (Å²) >= 11 is 0. The van der Waals surface area contributed by atoms with Crippen molar-refractivity contribution in [1.82, 2.24) is 21.3 Å². The van der Waals surface area contributed by atoms with Crippen molar-refractivity contribution in [2.75, 3.05) is 13.1 Å². The van der Waals surface area contributed by atoms with Crippen LogP contribution in [0.5, 0.6) is 0 Å². The van der Waals surface area contributed by atoms with Gasteiger partial charge in [0.25, 0.3) is 0 Å². The largest absolute Gasteiger partial charge is 0.481 e. The van der Waals surface area contributed by atoms with Gasteiger partial charge in [-0.1, -0.05) is 12.8 Å². The highest BCUT2D eigenvalue weighted by Gasteiger charge is 2.36. The number of carboxylic acids is 1. The molecule has 0 radical (unpaired) electrons. The van der Waals surface area contributed by atoms with Crippen LogP contribution in [0.15, 0.2) is 0 Å². The molecule has 0 aromatic carbocycles. The first kappa shape index (κ1) is 29.4. The van der Waals surface area contributed by atoms with Crippen molar-refractivity contribution >= 4 is 29.8 Å². The second-order valence-electron chi connectivity index (χ2n) is 11.0.